The van der Waals surface area contributed by atoms with Crippen molar-refractivity contribution in [3.63, 3.8) is 0 Å². The Kier molecular flexibility index (Phi) is 4.35. The van der Waals surface area contributed by atoms with Gasteiger partial charge in [-0.15, -0.1) is 0 Å². The molecule has 8 heteroatoms. The lowest BCUT2D eigenvalue weighted by atomic mass is 10.2. The number of amides is 3. The molecule has 0 spiro atoms. The second-order valence-corrected chi connectivity index (χ2v) is 5.09. The summed E-state index contributed by atoms with van der Waals surface area (Å²) in [7, 11) is 1.71. The number of nitrogens with two attached hydrogens (primary N) is 1. The van der Waals surface area contributed by atoms with Gasteiger partial charge >= 0.3 is 6.03 Å². The quantitative estimate of drug-likeness (QED) is 0.789. The number of nitrogen functional groups attached to an aromatic ring is 1. The lowest BCUT2D eigenvalue weighted by molar-refractivity contribution is 0.0655. The van der Waals surface area contributed by atoms with Gasteiger partial charge in [0.2, 0.25) is 0 Å². The minimum atomic E-state index is -0.133. The SMILES string of the molecule is CCNC(=O)N1CCN(C(=O)c2c(N)c(C)nn2C)CC1. The zero-order valence-corrected chi connectivity index (χ0v) is 12.7. The summed E-state index contributed by atoms with van der Waals surface area (Å²) in [4.78, 5) is 27.7. The molecule has 0 saturated carbocycles. The Balaban J connectivity index is 2.02. The molecule has 0 radical (unpaired) electrons. The third-order valence-electron chi connectivity index (χ3n) is 3.65. The van der Waals surface area contributed by atoms with Crippen molar-refractivity contribution in [1.29, 1.82) is 0 Å². The largest absolute Gasteiger partial charge is 0.395 e. The third kappa shape index (κ3) is 2.93. The highest BCUT2D eigenvalue weighted by atomic mass is 16.2. The zero-order valence-electron chi connectivity index (χ0n) is 12.7. The summed E-state index contributed by atoms with van der Waals surface area (Å²) in [6.45, 7) is 6.30. The van der Waals surface area contributed by atoms with E-state index in [2.05, 4.69) is 10.4 Å². The van der Waals surface area contributed by atoms with E-state index in [1.165, 1.54) is 4.68 Å². The standard InChI is InChI=1S/C13H22N6O2/c1-4-15-13(21)19-7-5-18(6-8-19)12(20)11-10(14)9(2)16-17(11)3/h4-8,14H2,1-3H3,(H,15,21). The van der Waals surface area contributed by atoms with Crippen LogP contribution in [-0.2, 0) is 7.05 Å². The van der Waals surface area contributed by atoms with Gasteiger partial charge in [0.05, 0.1) is 11.4 Å². The number of anilines is 1. The molecule has 0 bridgehead atoms. The van der Waals surface area contributed by atoms with Crippen molar-refractivity contribution >= 4 is 17.6 Å². The Morgan fingerprint density at radius 1 is 1.24 bits per heavy atom. The van der Waals surface area contributed by atoms with Gasteiger partial charge in [0.1, 0.15) is 5.69 Å². The maximum absolute atomic E-state index is 12.5. The average molecular weight is 294 g/mol. The fourth-order valence-corrected chi connectivity index (χ4v) is 2.45. The smallest absolute Gasteiger partial charge is 0.317 e. The zero-order chi connectivity index (χ0) is 15.6. The van der Waals surface area contributed by atoms with E-state index in [-0.39, 0.29) is 11.9 Å². The molecule has 3 N–H and O–H groups in total. The number of hydrogen-bond acceptors (Lipinski definition) is 4. The van der Waals surface area contributed by atoms with Crippen molar-refractivity contribution in [3.8, 4) is 0 Å². The number of nitrogens with zero attached hydrogens (tertiary/aromatic N) is 4. The highest BCUT2D eigenvalue weighted by Gasteiger charge is 2.28. The number of hydrogen-bond donors (Lipinski definition) is 2. The third-order valence-corrected chi connectivity index (χ3v) is 3.65. The summed E-state index contributed by atoms with van der Waals surface area (Å²) in [5, 5.41) is 6.93. The van der Waals surface area contributed by atoms with Gasteiger partial charge in [0.25, 0.3) is 5.91 Å². The average Bonchev–Trinajstić information content (AvgIpc) is 2.72. The lowest BCUT2D eigenvalue weighted by Crippen LogP contribution is -2.53. The number of aryl methyl sites for hydroxylation is 2. The van der Waals surface area contributed by atoms with E-state index in [4.69, 9.17) is 5.73 Å². The Labute approximate surface area is 123 Å². The molecule has 1 aliphatic heterocycles. The molecule has 2 rings (SSSR count). The van der Waals surface area contributed by atoms with Gasteiger partial charge < -0.3 is 20.9 Å². The van der Waals surface area contributed by atoms with Crippen molar-refractivity contribution in [1.82, 2.24) is 24.9 Å². The summed E-state index contributed by atoms with van der Waals surface area (Å²) in [6.07, 6.45) is 0. The van der Waals surface area contributed by atoms with Crippen LogP contribution in [-0.4, -0.2) is 64.2 Å². The van der Waals surface area contributed by atoms with Gasteiger partial charge in [0, 0.05) is 39.8 Å². The minimum absolute atomic E-state index is 0.0829. The molecular weight excluding hydrogens is 272 g/mol. The predicted molar refractivity (Wildman–Crippen MR) is 78.9 cm³/mol. The molecule has 2 heterocycles. The second-order valence-electron chi connectivity index (χ2n) is 5.09. The van der Waals surface area contributed by atoms with E-state index < -0.39 is 0 Å². The van der Waals surface area contributed by atoms with Crippen LogP contribution in [0.25, 0.3) is 0 Å². The Morgan fingerprint density at radius 3 is 2.29 bits per heavy atom. The summed E-state index contributed by atoms with van der Waals surface area (Å²) < 4.78 is 1.52. The Hall–Kier alpha value is -2.25. The molecule has 1 aromatic rings. The number of piperazine rings is 1. The summed E-state index contributed by atoms with van der Waals surface area (Å²) in [5.74, 6) is -0.133. The number of carbonyl (C=O) groups is 2. The molecule has 0 unspecified atom stereocenters. The van der Waals surface area contributed by atoms with Crippen molar-refractivity contribution in [2.24, 2.45) is 7.05 Å². The fraction of sp³-hybridized carbons (Fsp3) is 0.615. The predicted octanol–water partition coefficient (Wildman–Crippen LogP) is -0.202. The van der Waals surface area contributed by atoms with Gasteiger partial charge in [0.15, 0.2) is 0 Å². The van der Waals surface area contributed by atoms with Gasteiger partial charge in [-0.3, -0.25) is 9.48 Å². The van der Waals surface area contributed by atoms with Crippen LogP contribution in [0.15, 0.2) is 0 Å². The van der Waals surface area contributed by atoms with Crippen LogP contribution in [0.5, 0.6) is 0 Å². The molecule has 1 aliphatic rings. The van der Waals surface area contributed by atoms with Crippen LogP contribution in [0, 0.1) is 6.92 Å². The molecule has 1 fully saturated rings. The van der Waals surface area contributed by atoms with Crippen molar-refractivity contribution in [2.45, 2.75) is 13.8 Å². The number of aromatic nitrogens is 2. The van der Waals surface area contributed by atoms with E-state index in [0.717, 1.165) is 0 Å². The van der Waals surface area contributed by atoms with E-state index >= 15 is 0 Å². The van der Waals surface area contributed by atoms with Gasteiger partial charge in [-0.1, -0.05) is 0 Å². The van der Waals surface area contributed by atoms with Crippen LogP contribution in [0.1, 0.15) is 23.1 Å². The van der Waals surface area contributed by atoms with Crippen LogP contribution in [0.4, 0.5) is 10.5 Å². The first-order valence-electron chi connectivity index (χ1n) is 7.06. The minimum Gasteiger partial charge on any atom is -0.395 e. The normalized spacial score (nSPS) is 15.2. The van der Waals surface area contributed by atoms with Gasteiger partial charge in [-0.2, -0.15) is 5.10 Å². The molecular formula is C13H22N6O2. The van der Waals surface area contributed by atoms with Crippen LogP contribution < -0.4 is 11.1 Å². The van der Waals surface area contributed by atoms with E-state index in [1.54, 1.807) is 23.8 Å². The van der Waals surface area contributed by atoms with Crippen molar-refractivity contribution in [2.75, 3.05) is 38.5 Å². The molecule has 3 amide bonds. The van der Waals surface area contributed by atoms with E-state index in [0.29, 0.717) is 49.8 Å². The fourth-order valence-electron chi connectivity index (χ4n) is 2.45. The first-order chi connectivity index (χ1) is 9.95. The van der Waals surface area contributed by atoms with Gasteiger partial charge in [-0.25, -0.2) is 4.79 Å². The number of carbonyl (C=O) groups excluding carboxylic acids is 2. The van der Waals surface area contributed by atoms with Crippen molar-refractivity contribution in [3.05, 3.63) is 11.4 Å². The number of urea groups is 1. The monoisotopic (exact) mass is 294 g/mol. The lowest BCUT2D eigenvalue weighted by Gasteiger charge is -2.34. The summed E-state index contributed by atoms with van der Waals surface area (Å²) in [6, 6.07) is -0.0829. The molecule has 116 valence electrons. The second kappa shape index (κ2) is 6.02. The van der Waals surface area contributed by atoms with Gasteiger partial charge in [-0.05, 0) is 13.8 Å². The molecule has 0 aromatic carbocycles. The maximum Gasteiger partial charge on any atom is 0.317 e. The Bertz CT molecular complexity index is 545. The first-order valence-corrected chi connectivity index (χ1v) is 7.06. The van der Waals surface area contributed by atoms with Crippen LogP contribution in [0.2, 0.25) is 0 Å². The summed E-state index contributed by atoms with van der Waals surface area (Å²) in [5.41, 5.74) is 7.42. The molecule has 0 atom stereocenters. The first kappa shape index (κ1) is 15.1. The molecule has 1 saturated heterocycles. The summed E-state index contributed by atoms with van der Waals surface area (Å²) >= 11 is 0. The van der Waals surface area contributed by atoms with E-state index in [9.17, 15) is 9.59 Å². The maximum atomic E-state index is 12.5. The van der Waals surface area contributed by atoms with E-state index in [1.807, 2.05) is 6.92 Å². The van der Waals surface area contributed by atoms with Crippen LogP contribution >= 0.6 is 0 Å². The van der Waals surface area contributed by atoms with Crippen LogP contribution in [0.3, 0.4) is 0 Å². The molecule has 21 heavy (non-hydrogen) atoms. The highest BCUT2D eigenvalue weighted by molar-refractivity contribution is 5.98. The highest BCUT2D eigenvalue weighted by Crippen LogP contribution is 2.18. The Morgan fingerprint density at radius 2 is 1.81 bits per heavy atom. The molecule has 0 aliphatic carbocycles. The number of rotatable bonds is 2. The molecule has 1 aromatic heterocycles. The molecule has 8 nitrogen and oxygen atoms in total. The topological polar surface area (TPSA) is 96.5 Å². The number of nitrogens with one attached hydrogen (secondary N) is 1. The van der Waals surface area contributed by atoms with Crippen molar-refractivity contribution < 1.29 is 9.59 Å².